The first-order chi connectivity index (χ1) is 33.6. The Morgan fingerprint density at radius 1 is 0.435 bits per heavy atom. The van der Waals surface area contributed by atoms with Crippen LogP contribution < -0.4 is 9.47 Å². The van der Waals surface area contributed by atoms with Gasteiger partial charge in [0.25, 0.3) is 0 Å². The molecule has 6 nitrogen and oxygen atoms in total. The van der Waals surface area contributed by atoms with E-state index in [-0.39, 0.29) is 18.9 Å². The fourth-order valence-corrected chi connectivity index (χ4v) is 12.2. The van der Waals surface area contributed by atoms with Gasteiger partial charge < -0.3 is 18.4 Å². The summed E-state index contributed by atoms with van der Waals surface area (Å²) in [5, 5.41) is 0. The molecule has 2 unspecified atom stereocenters. The van der Waals surface area contributed by atoms with Crippen LogP contribution in [0.4, 0.5) is 0 Å². The highest BCUT2D eigenvalue weighted by Gasteiger charge is 2.30. The van der Waals surface area contributed by atoms with Gasteiger partial charge in [0.1, 0.15) is 11.5 Å². The van der Waals surface area contributed by atoms with Crippen LogP contribution in [0, 0.1) is 13.8 Å². The van der Waals surface area contributed by atoms with Gasteiger partial charge in [0.15, 0.2) is 0 Å². The molecular weight excluding hydrogens is 845 g/mol. The molecule has 6 heteroatoms. The number of aryl methyl sites for hydroxylation is 2. The minimum Gasteiger partial charge on any atom is -0.457 e. The van der Waals surface area contributed by atoms with Gasteiger partial charge in [-0.15, -0.1) is 0 Å². The molecule has 0 spiro atoms. The van der Waals surface area contributed by atoms with Crippen molar-refractivity contribution in [3.63, 3.8) is 0 Å². The van der Waals surface area contributed by atoms with E-state index in [1.807, 2.05) is 0 Å². The molecule has 0 radical (unpaired) electrons. The topological polar surface area (TPSA) is 43.2 Å². The molecule has 1 saturated carbocycles. The molecule has 0 N–H and O–H groups in total. The van der Waals surface area contributed by atoms with Gasteiger partial charge in [0.2, 0.25) is 6.79 Å². The molecule has 392 valence electrons. The van der Waals surface area contributed by atoms with E-state index in [0.29, 0.717) is 11.8 Å². The van der Waals surface area contributed by atoms with Crippen molar-refractivity contribution >= 4 is 12.4 Å². The van der Waals surface area contributed by atoms with Gasteiger partial charge >= 0.3 is 0 Å². The monoisotopic (exact) mass is 955 g/mol. The molecule has 1 aliphatic heterocycles. The maximum absolute atomic E-state index is 6.81. The molecule has 2 aromatic carbocycles. The molecule has 2 atom stereocenters. The van der Waals surface area contributed by atoms with Crippen LogP contribution in [0.2, 0.25) is 0 Å². The summed E-state index contributed by atoms with van der Waals surface area (Å²) in [7, 11) is 0. The predicted octanol–water partition coefficient (Wildman–Crippen LogP) is 17.4. The summed E-state index contributed by atoms with van der Waals surface area (Å²) >= 11 is 0. The average Bonchev–Trinajstić information content (AvgIpc) is 3.37. The standard InChI is InChI=1S/C63H110N4O2/c1-11-19-31-54(32-20-12-2)56-45-52(9)62-58(47-56)49-64-60-35-27-28-36-61(60)65-50-59-48-57(46-53(10)63(59)69-51-68-62)55(33-29-43-66(37-21-13-3,38-22-14-4)39-23-15-5)34-30-44-67(40-24-16-6,41-25-17-7)42-26-18-8/h45-50,54-55,60-61H,11-44,51H2,1-10H3/q+2. The highest BCUT2D eigenvalue weighted by Crippen LogP contribution is 2.37. The number of fused-ring (bicyclic) bond motifs is 3. The Kier molecular flexibility index (Phi) is 28.2. The fraction of sp³-hybridized carbons (Fsp3) is 0.778. The van der Waals surface area contributed by atoms with Gasteiger partial charge in [0.05, 0.1) is 64.4 Å². The van der Waals surface area contributed by atoms with Crippen molar-refractivity contribution in [3.8, 4) is 11.5 Å². The Balaban J connectivity index is 1.75. The quantitative estimate of drug-likeness (QED) is 0.0656. The Morgan fingerprint density at radius 2 is 0.739 bits per heavy atom. The SMILES string of the molecule is CCCCC(CCCC)c1cc(C)c2c(c1)C=NC1CCCCC1N=Cc1cc(C(CCC[N+](CCCC)(CCCC)CCCC)CCC[N+](CCCC)(CCCC)CCCC)cc(C)c1OCO2. The van der Waals surface area contributed by atoms with E-state index in [1.54, 1.807) is 0 Å². The van der Waals surface area contributed by atoms with Crippen LogP contribution in [0.1, 0.15) is 268 Å². The molecule has 1 fully saturated rings. The van der Waals surface area contributed by atoms with E-state index in [4.69, 9.17) is 19.5 Å². The van der Waals surface area contributed by atoms with Crippen molar-refractivity contribution in [1.29, 1.82) is 0 Å². The maximum atomic E-state index is 6.81. The molecule has 0 aromatic heterocycles. The Morgan fingerprint density at radius 3 is 1.06 bits per heavy atom. The Hall–Kier alpha value is -2.70. The van der Waals surface area contributed by atoms with Crippen LogP contribution in [0.3, 0.4) is 0 Å². The number of hydrogen-bond donors (Lipinski definition) is 0. The second kappa shape index (κ2) is 33.1. The van der Waals surface area contributed by atoms with Gasteiger partial charge in [0, 0.05) is 23.6 Å². The third-order valence-corrected chi connectivity index (χ3v) is 16.6. The van der Waals surface area contributed by atoms with Crippen molar-refractivity contribution in [2.75, 3.05) is 59.2 Å². The Labute approximate surface area is 427 Å². The number of quaternary nitrogens is 2. The van der Waals surface area contributed by atoms with Crippen molar-refractivity contribution in [2.24, 2.45) is 9.98 Å². The van der Waals surface area contributed by atoms with Crippen molar-refractivity contribution in [3.05, 3.63) is 57.6 Å². The highest BCUT2D eigenvalue weighted by molar-refractivity contribution is 5.86. The van der Waals surface area contributed by atoms with E-state index in [1.165, 1.54) is 238 Å². The van der Waals surface area contributed by atoms with E-state index >= 15 is 0 Å². The number of nitrogens with zero attached hydrogens (tertiary/aromatic N) is 4. The molecule has 0 saturated heterocycles. The molecule has 69 heavy (non-hydrogen) atoms. The number of ether oxygens (including phenoxy) is 2. The molecule has 4 rings (SSSR count). The van der Waals surface area contributed by atoms with E-state index in [0.717, 1.165) is 35.5 Å². The lowest BCUT2D eigenvalue weighted by molar-refractivity contribution is -0.929. The molecular formula is C63H110N4O2+2. The van der Waals surface area contributed by atoms with E-state index in [9.17, 15) is 0 Å². The normalized spacial score (nSPS) is 16.6. The van der Waals surface area contributed by atoms with E-state index in [2.05, 4.69) is 106 Å². The summed E-state index contributed by atoms with van der Waals surface area (Å²) in [6.45, 7) is 34.3. The number of benzene rings is 2. The molecule has 2 aromatic rings. The van der Waals surface area contributed by atoms with Crippen LogP contribution in [0.15, 0.2) is 34.3 Å². The molecule has 2 aliphatic rings. The van der Waals surface area contributed by atoms with Crippen LogP contribution in [0.25, 0.3) is 0 Å². The largest absolute Gasteiger partial charge is 0.457 e. The third kappa shape index (κ3) is 19.3. The summed E-state index contributed by atoms with van der Waals surface area (Å²) in [6.07, 6.45) is 37.2. The maximum Gasteiger partial charge on any atom is 0.230 e. The second-order valence-electron chi connectivity index (χ2n) is 22.5. The Bertz CT molecular complexity index is 1660. The van der Waals surface area contributed by atoms with Crippen molar-refractivity contribution < 1.29 is 18.4 Å². The van der Waals surface area contributed by atoms with Crippen LogP contribution in [-0.4, -0.2) is 92.6 Å². The first-order valence-electron chi connectivity index (χ1n) is 30.0. The molecule has 1 aliphatic carbocycles. The summed E-state index contributed by atoms with van der Waals surface area (Å²) in [5.41, 5.74) is 7.52. The zero-order valence-corrected chi connectivity index (χ0v) is 47.1. The third-order valence-electron chi connectivity index (χ3n) is 16.6. The van der Waals surface area contributed by atoms with Gasteiger partial charge in [-0.1, -0.05) is 145 Å². The first kappa shape index (κ1) is 58.9. The summed E-state index contributed by atoms with van der Waals surface area (Å²) < 4.78 is 16.2. The fourth-order valence-electron chi connectivity index (χ4n) is 12.2. The zero-order chi connectivity index (χ0) is 49.7. The summed E-state index contributed by atoms with van der Waals surface area (Å²) in [4.78, 5) is 10.9. The number of hydrogen-bond acceptors (Lipinski definition) is 4. The average molecular weight is 956 g/mol. The predicted molar refractivity (Wildman–Crippen MR) is 302 cm³/mol. The lowest BCUT2D eigenvalue weighted by atomic mass is 9.87. The number of aliphatic imine (C=N–C) groups is 2. The minimum absolute atomic E-state index is 0.161. The second-order valence-corrected chi connectivity index (χ2v) is 22.5. The van der Waals surface area contributed by atoms with Gasteiger partial charge in [-0.05, 0) is 150 Å². The van der Waals surface area contributed by atoms with Gasteiger partial charge in [-0.3, -0.25) is 9.98 Å². The van der Waals surface area contributed by atoms with Crippen LogP contribution in [-0.2, 0) is 0 Å². The van der Waals surface area contributed by atoms with Crippen molar-refractivity contribution in [1.82, 2.24) is 0 Å². The minimum atomic E-state index is 0.161. The summed E-state index contributed by atoms with van der Waals surface area (Å²) in [5.74, 6) is 2.91. The molecule has 1 heterocycles. The zero-order valence-electron chi connectivity index (χ0n) is 47.1. The molecule has 0 bridgehead atoms. The van der Waals surface area contributed by atoms with E-state index < -0.39 is 0 Å². The molecule has 0 amide bonds. The van der Waals surface area contributed by atoms with Gasteiger partial charge in [-0.25, -0.2) is 0 Å². The first-order valence-corrected chi connectivity index (χ1v) is 30.0. The highest BCUT2D eigenvalue weighted by atomic mass is 16.7. The van der Waals surface area contributed by atoms with Gasteiger partial charge in [-0.2, -0.15) is 0 Å². The number of rotatable bonds is 34. The van der Waals surface area contributed by atoms with Crippen LogP contribution in [0.5, 0.6) is 11.5 Å². The lowest BCUT2D eigenvalue weighted by Crippen LogP contribution is -2.51. The van der Waals surface area contributed by atoms with Crippen molar-refractivity contribution in [2.45, 2.75) is 260 Å². The smallest absolute Gasteiger partial charge is 0.230 e. The number of unbranched alkanes of at least 4 members (excludes halogenated alkanes) is 8. The van der Waals surface area contributed by atoms with Crippen LogP contribution >= 0.6 is 0 Å². The lowest BCUT2D eigenvalue weighted by Gasteiger charge is -2.40. The summed E-state index contributed by atoms with van der Waals surface area (Å²) in [6, 6.07) is 10.1.